The number of allylic oxidation sites excluding steroid dienone is 5. The molecule has 0 fully saturated rings. The Morgan fingerprint density at radius 2 is 1.85 bits per heavy atom. The summed E-state index contributed by atoms with van der Waals surface area (Å²) in [6, 6.07) is 6.15. The molecule has 0 bridgehead atoms. The number of pyridine rings is 1. The Hall–Kier alpha value is -1.79. The Bertz CT molecular complexity index is 1170. The minimum absolute atomic E-state index is 0.115. The topological polar surface area (TPSA) is 50.2 Å². The summed E-state index contributed by atoms with van der Waals surface area (Å²) in [6.45, 7) is 12.0. The molecule has 3 rings (SSSR count). The SMILES string of the molecule is C=C/C=C(\C=C/C)CC(=O)CCCC(CCC)C1c2ncc(Br)cc2C=Cc2cc(Cl)cc(Br)c21.CC.CO. The minimum Gasteiger partial charge on any atom is -0.400 e. The lowest BCUT2D eigenvalue weighted by Gasteiger charge is -2.30. The number of carbonyl (C=O) groups is 1. The van der Waals surface area contributed by atoms with Crippen LogP contribution in [-0.4, -0.2) is 23.0 Å². The number of aliphatic hydroxyl groups excluding tert-OH is 1. The predicted octanol–water partition coefficient (Wildman–Crippen LogP) is 10.7. The second kappa shape index (κ2) is 19.3. The summed E-state index contributed by atoms with van der Waals surface area (Å²) in [5, 5.41) is 7.71. The van der Waals surface area contributed by atoms with E-state index in [4.69, 9.17) is 21.7 Å². The fourth-order valence-corrected chi connectivity index (χ4v) is 6.40. The van der Waals surface area contributed by atoms with Gasteiger partial charge in [0.2, 0.25) is 0 Å². The standard InChI is InChI=1S/C30H32Br2ClNO.C2H6.CH4O/c1-4-8-20(9-5-2)15-26(35)12-7-11-21(10-6-3)29-28-22(17-25(33)18-27(28)32)13-14-23-16-24(31)19-34-30(23)29;2*1-2/h4-5,8-9,13-14,16-19,21,29H,1,6-7,10-12,15H2,2-3H3;1-2H3;2H,1H3/b9-5-,20-8+;;. The van der Waals surface area contributed by atoms with Crippen LogP contribution >= 0.6 is 43.5 Å². The van der Waals surface area contributed by atoms with Crippen LogP contribution in [0, 0.1) is 5.92 Å². The van der Waals surface area contributed by atoms with Gasteiger partial charge in [-0.25, -0.2) is 0 Å². The van der Waals surface area contributed by atoms with Crippen molar-refractivity contribution < 1.29 is 9.90 Å². The van der Waals surface area contributed by atoms with Crippen molar-refractivity contribution in [3.8, 4) is 0 Å². The summed E-state index contributed by atoms with van der Waals surface area (Å²) in [5.41, 5.74) is 5.55. The van der Waals surface area contributed by atoms with E-state index >= 15 is 0 Å². The van der Waals surface area contributed by atoms with Crippen LogP contribution in [0.5, 0.6) is 0 Å². The average molecular weight is 680 g/mol. The van der Waals surface area contributed by atoms with E-state index in [1.54, 1.807) is 6.08 Å². The molecule has 0 radical (unpaired) electrons. The molecular formula is C33H42Br2ClNO2. The first-order valence-corrected chi connectivity index (χ1v) is 15.6. The number of fused-ring (bicyclic) bond motifs is 2. The summed E-state index contributed by atoms with van der Waals surface area (Å²) in [5.74, 6) is 0.740. The molecule has 0 spiro atoms. The maximum absolute atomic E-state index is 12.7. The third kappa shape index (κ3) is 10.6. The van der Waals surface area contributed by atoms with Crippen molar-refractivity contribution in [2.45, 2.75) is 72.1 Å². The maximum atomic E-state index is 12.7. The smallest absolute Gasteiger partial charge is 0.137 e. The van der Waals surface area contributed by atoms with Gasteiger partial charge in [0.25, 0.3) is 0 Å². The Kier molecular flexibility index (Phi) is 17.5. The van der Waals surface area contributed by atoms with Gasteiger partial charge < -0.3 is 5.11 Å². The van der Waals surface area contributed by atoms with Gasteiger partial charge in [0.1, 0.15) is 5.78 Å². The zero-order valence-electron chi connectivity index (χ0n) is 23.8. The first-order valence-electron chi connectivity index (χ1n) is 13.6. The Labute approximate surface area is 257 Å². The highest BCUT2D eigenvalue weighted by atomic mass is 79.9. The van der Waals surface area contributed by atoms with Gasteiger partial charge in [-0.2, -0.15) is 0 Å². The van der Waals surface area contributed by atoms with E-state index in [-0.39, 0.29) is 11.7 Å². The molecule has 1 aliphatic carbocycles. The van der Waals surface area contributed by atoms with Crippen molar-refractivity contribution in [2.75, 3.05) is 7.11 Å². The molecular weight excluding hydrogens is 638 g/mol. The Balaban J connectivity index is 0.00000181. The van der Waals surface area contributed by atoms with Gasteiger partial charge in [-0.1, -0.05) is 97.8 Å². The quantitative estimate of drug-likeness (QED) is 0.241. The molecule has 212 valence electrons. The molecule has 1 aromatic heterocycles. The number of Topliss-reactive ketones (excluding diaryl/α,β-unsaturated/α-hetero) is 1. The summed E-state index contributed by atoms with van der Waals surface area (Å²) in [4.78, 5) is 17.6. The monoisotopic (exact) mass is 677 g/mol. The van der Waals surface area contributed by atoms with E-state index < -0.39 is 0 Å². The number of nitrogens with zero attached hydrogens (tertiary/aromatic N) is 1. The number of carbonyl (C=O) groups excluding carboxylic acids is 1. The van der Waals surface area contributed by atoms with Crippen LogP contribution in [0.2, 0.25) is 5.02 Å². The number of hydrogen-bond acceptors (Lipinski definition) is 3. The predicted molar refractivity (Wildman–Crippen MR) is 176 cm³/mol. The first-order chi connectivity index (χ1) is 18.9. The molecule has 1 aliphatic rings. The van der Waals surface area contributed by atoms with Crippen LogP contribution in [0.25, 0.3) is 12.2 Å². The van der Waals surface area contributed by atoms with E-state index in [0.29, 0.717) is 23.8 Å². The van der Waals surface area contributed by atoms with Gasteiger partial charge >= 0.3 is 0 Å². The number of hydrogen-bond donors (Lipinski definition) is 1. The number of ketones is 1. The summed E-state index contributed by atoms with van der Waals surface area (Å²) < 4.78 is 1.97. The zero-order valence-corrected chi connectivity index (χ0v) is 27.7. The third-order valence-electron chi connectivity index (χ3n) is 6.37. The summed E-state index contributed by atoms with van der Waals surface area (Å²) in [6.07, 6.45) is 18.7. The Morgan fingerprint density at radius 3 is 2.49 bits per heavy atom. The van der Waals surface area contributed by atoms with E-state index in [9.17, 15) is 4.79 Å². The van der Waals surface area contributed by atoms with Gasteiger partial charge in [0, 0.05) is 46.0 Å². The molecule has 39 heavy (non-hydrogen) atoms. The van der Waals surface area contributed by atoms with Crippen LogP contribution in [0.1, 0.15) is 94.5 Å². The maximum Gasteiger partial charge on any atom is 0.137 e. The number of rotatable bonds is 11. The number of aliphatic hydroxyl groups is 1. The molecule has 0 aliphatic heterocycles. The van der Waals surface area contributed by atoms with Gasteiger partial charge in [-0.3, -0.25) is 9.78 Å². The van der Waals surface area contributed by atoms with E-state index in [2.05, 4.69) is 63.6 Å². The third-order valence-corrected chi connectivity index (χ3v) is 7.67. The minimum atomic E-state index is 0.115. The molecule has 0 saturated carbocycles. The van der Waals surface area contributed by atoms with Crippen LogP contribution in [0.3, 0.4) is 0 Å². The van der Waals surface area contributed by atoms with Gasteiger partial charge in [0.05, 0.1) is 5.69 Å². The molecule has 2 aromatic rings. The largest absolute Gasteiger partial charge is 0.400 e. The van der Waals surface area contributed by atoms with Crippen molar-refractivity contribution in [3.63, 3.8) is 0 Å². The van der Waals surface area contributed by atoms with E-state index in [1.165, 1.54) is 5.56 Å². The second-order valence-electron chi connectivity index (χ2n) is 8.96. The molecule has 3 nitrogen and oxygen atoms in total. The zero-order chi connectivity index (χ0) is 29.4. The summed E-state index contributed by atoms with van der Waals surface area (Å²) in [7, 11) is 1.00. The number of benzene rings is 1. The highest BCUT2D eigenvalue weighted by molar-refractivity contribution is 9.10. The van der Waals surface area contributed by atoms with Crippen molar-refractivity contribution in [1.82, 2.24) is 4.98 Å². The van der Waals surface area contributed by atoms with Crippen molar-refractivity contribution in [3.05, 3.63) is 97.2 Å². The highest BCUT2D eigenvalue weighted by Crippen LogP contribution is 2.46. The average Bonchev–Trinajstić information content (AvgIpc) is 3.07. The lowest BCUT2D eigenvalue weighted by atomic mass is 9.76. The molecule has 1 N–H and O–H groups in total. The fourth-order valence-electron chi connectivity index (χ4n) is 4.97. The molecule has 0 saturated heterocycles. The van der Waals surface area contributed by atoms with Gasteiger partial charge in [-0.15, -0.1) is 0 Å². The van der Waals surface area contributed by atoms with E-state index in [1.807, 2.05) is 57.3 Å². The first kappa shape index (κ1) is 35.2. The molecule has 2 unspecified atom stereocenters. The molecule has 0 amide bonds. The van der Waals surface area contributed by atoms with Crippen LogP contribution in [0.15, 0.2) is 69.8 Å². The van der Waals surface area contributed by atoms with Crippen LogP contribution < -0.4 is 0 Å². The molecule has 2 atom stereocenters. The van der Waals surface area contributed by atoms with Crippen molar-refractivity contribution in [2.24, 2.45) is 5.92 Å². The normalized spacial score (nSPS) is 14.7. The van der Waals surface area contributed by atoms with E-state index in [0.717, 1.165) is 64.1 Å². The number of halogens is 3. The fraction of sp³-hybridized carbons (Fsp3) is 0.394. The van der Waals surface area contributed by atoms with Crippen LogP contribution in [-0.2, 0) is 4.79 Å². The van der Waals surface area contributed by atoms with Crippen LogP contribution in [0.4, 0.5) is 0 Å². The lowest BCUT2D eigenvalue weighted by Crippen LogP contribution is -2.18. The molecule has 1 aromatic carbocycles. The summed E-state index contributed by atoms with van der Waals surface area (Å²) >= 11 is 13.8. The van der Waals surface area contributed by atoms with Crippen molar-refractivity contribution >= 4 is 61.4 Å². The lowest BCUT2D eigenvalue weighted by molar-refractivity contribution is -0.118. The molecule has 6 heteroatoms. The number of aromatic nitrogens is 1. The van der Waals surface area contributed by atoms with Crippen molar-refractivity contribution in [1.29, 1.82) is 0 Å². The highest BCUT2D eigenvalue weighted by Gasteiger charge is 2.32. The van der Waals surface area contributed by atoms with Gasteiger partial charge in [-0.05, 0) is 88.5 Å². The Morgan fingerprint density at radius 1 is 1.15 bits per heavy atom. The van der Waals surface area contributed by atoms with Gasteiger partial charge in [0.15, 0.2) is 0 Å². The molecule has 1 heterocycles. The second-order valence-corrected chi connectivity index (χ2v) is 11.2.